The molecule has 0 spiro atoms. The molecule has 0 bridgehead atoms. The van der Waals surface area contributed by atoms with Gasteiger partial charge in [0.1, 0.15) is 11.3 Å². The van der Waals surface area contributed by atoms with E-state index < -0.39 is 5.97 Å². The van der Waals surface area contributed by atoms with Gasteiger partial charge in [-0.2, -0.15) is 5.10 Å². The number of likely N-dealkylation sites (N-methyl/N-ethyl adjacent to an activating group) is 1. The Labute approximate surface area is 246 Å². The number of hydrogen-bond acceptors (Lipinski definition) is 6. The molecule has 3 aliphatic rings. The number of ether oxygens (including phenoxy) is 1. The lowest BCUT2D eigenvalue weighted by Crippen LogP contribution is -2.45. The predicted octanol–water partition coefficient (Wildman–Crippen LogP) is 5.93. The Hall–Kier alpha value is -3.98. The molecule has 0 amide bonds. The molecular weight excluding hydrogens is 528 g/mol. The molecule has 1 aliphatic heterocycles. The SMILES string of the molecule is C[C@H](Oc1cccc(-c2cccc(-n3ncc(C(=O)O)c3C3C[C@H]3c3cn(C4CN(C)C4)nn3)c2)c1)C1CCCCC1. The van der Waals surface area contributed by atoms with Crippen LogP contribution in [0.2, 0.25) is 0 Å². The third-order valence-electron chi connectivity index (χ3n) is 9.40. The van der Waals surface area contributed by atoms with E-state index in [9.17, 15) is 9.90 Å². The summed E-state index contributed by atoms with van der Waals surface area (Å²) >= 11 is 0. The zero-order valence-electron chi connectivity index (χ0n) is 24.3. The van der Waals surface area contributed by atoms with Crippen molar-refractivity contribution in [1.82, 2.24) is 29.7 Å². The van der Waals surface area contributed by atoms with E-state index in [1.54, 1.807) is 4.68 Å². The smallest absolute Gasteiger partial charge is 0.339 e. The minimum atomic E-state index is -0.962. The largest absolute Gasteiger partial charge is 0.490 e. The number of nitrogens with zero attached hydrogens (tertiary/aromatic N) is 6. The summed E-state index contributed by atoms with van der Waals surface area (Å²) < 4.78 is 10.2. The van der Waals surface area contributed by atoms with Gasteiger partial charge in [0, 0.05) is 31.1 Å². The molecule has 2 aromatic carbocycles. The van der Waals surface area contributed by atoms with Gasteiger partial charge in [0.05, 0.1) is 35.4 Å². The van der Waals surface area contributed by atoms with Crippen LogP contribution in [0.1, 0.15) is 85.1 Å². The van der Waals surface area contributed by atoms with Crippen molar-refractivity contribution in [3.63, 3.8) is 0 Å². The Morgan fingerprint density at radius 1 is 1.02 bits per heavy atom. The Morgan fingerprint density at radius 3 is 2.55 bits per heavy atom. The minimum Gasteiger partial charge on any atom is -0.490 e. The minimum absolute atomic E-state index is 0.0227. The first-order valence-corrected chi connectivity index (χ1v) is 15.2. The summed E-state index contributed by atoms with van der Waals surface area (Å²) in [6, 6.07) is 16.8. The van der Waals surface area contributed by atoms with Crippen LogP contribution in [0.25, 0.3) is 16.8 Å². The van der Waals surface area contributed by atoms with Crippen molar-refractivity contribution in [2.24, 2.45) is 5.92 Å². The molecule has 9 nitrogen and oxygen atoms in total. The fraction of sp³-hybridized carbons (Fsp3) is 0.455. The van der Waals surface area contributed by atoms with Gasteiger partial charge in [-0.25, -0.2) is 14.2 Å². The van der Waals surface area contributed by atoms with Crippen LogP contribution >= 0.6 is 0 Å². The van der Waals surface area contributed by atoms with Crippen LogP contribution in [-0.4, -0.2) is 67.0 Å². The highest BCUT2D eigenvalue weighted by Crippen LogP contribution is 2.55. The molecule has 3 atom stereocenters. The number of rotatable bonds is 9. The van der Waals surface area contributed by atoms with E-state index in [0.29, 0.717) is 12.0 Å². The molecule has 2 saturated carbocycles. The monoisotopic (exact) mass is 566 g/mol. The zero-order valence-corrected chi connectivity index (χ0v) is 24.3. The summed E-state index contributed by atoms with van der Waals surface area (Å²) in [6.07, 6.45) is 10.9. The first-order chi connectivity index (χ1) is 20.4. The molecule has 7 rings (SSSR count). The molecule has 42 heavy (non-hydrogen) atoms. The van der Waals surface area contributed by atoms with Gasteiger partial charge >= 0.3 is 5.97 Å². The second-order valence-corrected chi connectivity index (χ2v) is 12.4. The van der Waals surface area contributed by atoms with Crippen LogP contribution in [0, 0.1) is 5.92 Å². The maximum Gasteiger partial charge on any atom is 0.339 e. The average molecular weight is 567 g/mol. The highest BCUT2D eigenvalue weighted by molar-refractivity contribution is 5.89. The summed E-state index contributed by atoms with van der Waals surface area (Å²) in [4.78, 5) is 14.5. The number of carbonyl (C=O) groups is 1. The summed E-state index contributed by atoms with van der Waals surface area (Å²) in [5.74, 6) is 0.688. The number of carboxylic acids is 1. The first kappa shape index (κ1) is 26.9. The van der Waals surface area contributed by atoms with Gasteiger partial charge < -0.3 is 14.7 Å². The molecule has 218 valence electrons. The third-order valence-corrected chi connectivity index (χ3v) is 9.40. The van der Waals surface area contributed by atoms with Crippen LogP contribution in [0.5, 0.6) is 5.75 Å². The van der Waals surface area contributed by atoms with Crippen molar-refractivity contribution in [3.8, 4) is 22.6 Å². The summed E-state index contributed by atoms with van der Waals surface area (Å²) in [5, 5.41) is 23.4. The normalized spacial score (nSPS) is 22.0. The van der Waals surface area contributed by atoms with Gasteiger partial charge in [0.2, 0.25) is 0 Å². The quantitative estimate of drug-likeness (QED) is 0.268. The molecule has 9 heteroatoms. The van der Waals surface area contributed by atoms with Crippen molar-refractivity contribution in [3.05, 3.63) is 77.9 Å². The maximum atomic E-state index is 12.2. The molecule has 1 saturated heterocycles. The first-order valence-electron chi connectivity index (χ1n) is 15.2. The van der Waals surface area contributed by atoms with Crippen molar-refractivity contribution in [1.29, 1.82) is 0 Å². The Bertz CT molecular complexity index is 1580. The van der Waals surface area contributed by atoms with Crippen molar-refractivity contribution in [2.75, 3.05) is 20.1 Å². The highest BCUT2D eigenvalue weighted by atomic mass is 16.5. The van der Waals surface area contributed by atoms with E-state index in [0.717, 1.165) is 53.5 Å². The van der Waals surface area contributed by atoms with Gasteiger partial charge in [-0.1, -0.05) is 48.7 Å². The topological polar surface area (TPSA) is 98.3 Å². The average Bonchev–Trinajstić information content (AvgIpc) is 3.40. The van der Waals surface area contributed by atoms with E-state index in [1.165, 1.54) is 38.3 Å². The molecule has 2 aromatic heterocycles. The third kappa shape index (κ3) is 5.22. The number of aromatic carboxylic acids is 1. The van der Waals surface area contributed by atoms with Crippen molar-refractivity contribution in [2.45, 2.75) is 69.4 Å². The Morgan fingerprint density at radius 2 is 1.79 bits per heavy atom. The molecule has 4 aromatic rings. The molecular formula is C33H38N6O3. The van der Waals surface area contributed by atoms with Crippen LogP contribution in [0.3, 0.4) is 0 Å². The molecule has 1 N–H and O–H groups in total. The van der Waals surface area contributed by atoms with Gasteiger partial charge in [-0.15, -0.1) is 5.10 Å². The number of hydrogen-bond donors (Lipinski definition) is 1. The fourth-order valence-corrected chi connectivity index (χ4v) is 6.86. The van der Waals surface area contributed by atoms with Gasteiger partial charge in [-0.3, -0.25) is 0 Å². The predicted molar refractivity (Wildman–Crippen MR) is 159 cm³/mol. The van der Waals surface area contributed by atoms with Crippen LogP contribution in [0.4, 0.5) is 0 Å². The van der Waals surface area contributed by atoms with E-state index in [2.05, 4.69) is 58.5 Å². The molecule has 3 fully saturated rings. The van der Waals surface area contributed by atoms with Crippen LogP contribution in [-0.2, 0) is 0 Å². The Kier molecular flexibility index (Phi) is 7.06. The van der Waals surface area contributed by atoms with Crippen molar-refractivity contribution >= 4 is 5.97 Å². The summed E-state index contributed by atoms with van der Waals surface area (Å²) in [6.45, 7) is 4.13. The number of likely N-dealkylation sites (tertiary alicyclic amines) is 1. The molecule has 1 unspecified atom stereocenters. The molecule has 3 heterocycles. The summed E-state index contributed by atoms with van der Waals surface area (Å²) in [5.41, 5.74) is 4.81. The lowest BCUT2D eigenvalue weighted by molar-refractivity contribution is 0.0695. The van der Waals surface area contributed by atoms with Crippen LogP contribution < -0.4 is 4.74 Å². The van der Waals surface area contributed by atoms with Gasteiger partial charge in [-0.05, 0) is 74.5 Å². The van der Waals surface area contributed by atoms with Crippen LogP contribution in [0.15, 0.2) is 60.9 Å². The lowest BCUT2D eigenvalue weighted by atomic mass is 9.86. The second-order valence-electron chi connectivity index (χ2n) is 12.4. The molecule has 2 aliphatic carbocycles. The van der Waals surface area contributed by atoms with E-state index in [-0.39, 0.29) is 23.5 Å². The number of aromatic nitrogens is 5. The van der Waals surface area contributed by atoms with Crippen molar-refractivity contribution < 1.29 is 14.6 Å². The van der Waals surface area contributed by atoms with Gasteiger partial charge in [0.25, 0.3) is 0 Å². The standard InChI is InChI=1S/C33H38N6O3/c1-21(22-8-4-3-5-9-22)42-27-13-7-11-24(15-27)23-10-6-12-25(14-23)39-32(30(17-34-39)33(40)41)29-16-28(29)31-20-38(36-35-31)26-18-37(2)19-26/h6-7,10-15,17,20-22,26,28-29H,3-5,8-9,16,18-19H2,1-2H3,(H,40,41)/t21-,28+,29?/m0/s1. The Balaban J connectivity index is 1.13. The van der Waals surface area contributed by atoms with E-state index >= 15 is 0 Å². The molecule has 0 radical (unpaired) electrons. The van der Waals surface area contributed by atoms with E-state index in [4.69, 9.17) is 4.74 Å². The maximum absolute atomic E-state index is 12.2. The number of carboxylic acid groups (broad SMARTS) is 1. The summed E-state index contributed by atoms with van der Waals surface area (Å²) in [7, 11) is 2.10. The fourth-order valence-electron chi connectivity index (χ4n) is 6.86. The number of benzene rings is 2. The van der Waals surface area contributed by atoms with Gasteiger partial charge in [0.15, 0.2) is 0 Å². The lowest BCUT2D eigenvalue weighted by Gasteiger charge is -2.35. The highest BCUT2D eigenvalue weighted by Gasteiger charge is 2.46. The zero-order chi connectivity index (χ0) is 28.8. The second kappa shape index (κ2) is 11.0. The van der Waals surface area contributed by atoms with E-state index in [1.807, 2.05) is 35.1 Å².